The van der Waals surface area contributed by atoms with Crippen LogP contribution in [-0.2, 0) is 4.79 Å². The molecule has 0 aliphatic carbocycles. The summed E-state index contributed by atoms with van der Waals surface area (Å²) >= 11 is 0. The Morgan fingerprint density at radius 2 is 1.84 bits per heavy atom. The first-order valence-electron chi connectivity index (χ1n) is 7.31. The summed E-state index contributed by atoms with van der Waals surface area (Å²) in [5.74, 6) is -1.36. The zero-order chi connectivity index (χ0) is 18.4. The second-order valence-corrected chi connectivity index (χ2v) is 5.04. The number of carbonyl (C=O) groups excluding carboxylic acids is 1. The highest BCUT2D eigenvalue weighted by Crippen LogP contribution is 2.33. The molecule has 0 fully saturated rings. The van der Waals surface area contributed by atoms with Gasteiger partial charge in [0.1, 0.15) is 0 Å². The molecule has 0 unspecified atom stereocenters. The fourth-order valence-electron chi connectivity index (χ4n) is 2.20. The van der Waals surface area contributed by atoms with Gasteiger partial charge in [-0.3, -0.25) is 4.79 Å². The number of carbonyl (C=O) groups is 2. The maximum Gasteiger partial charge on any atom is 0.337 e. The standard InChI is InChI=1S/C19H17NO5/c1-3-4-5-18(22)20-15-8-6-12(10-14(15)19(23)24)13-7-9-16(21)17(11-13)25-2/h3-11,21H,1H2,2H3,(H,20,22)(H,23,24). The predicted octanol–water partition coefficient (Wildman–Crippen LogP) is 3.45. The quantitative estimate of drug-likeness (QED) is 0.553. The lowest BCUT2D eigenvalue weighted by Crippen LogP contribution is -2.12. The minimum absolute atomic E-state index is 0.0115. The number of phenols is 1. The van der Waals surface area contributed by atoms with Crippen molar-refractivity contribution < 1.29 is 24.5 Å². The number of nitrogens with one attached hydrogen (secondary N) is 1. The van der Waals surface area contributed by atoms with E-state index >= 15 is 0 Å². The Bertz CT molecular complexity index is 855. The first kappa shape index (κ1) is 17.8. The summed E-state index contributed by atoms with van der Waals surface area (Å²) in [5.41, 5.74) is 1.41. The molecule has 0 spiro atoms. The Hall–Kier alpha value is -3.54. The SMILES string of the molecule is C=CC=CC(=O)Nc1ccc(-c2ccc(O)c(OC)c2)cc1C(=O)O. The minimum Gasteiger partial charge on any atom is -0.504 e. The average Bonchev–Trinajstić information content (AvgIpc) is 2.60. The van der Waals surface area contributed by atoms with Gasteiger partial charge in [-0.2, -0.15) is 0 Å². The third-order valence-electron chi connectivity index (χ3n) is 3.40. The lowest BCUT2D eigenvalue weighted by atomic mass is 10.0. The zero-order valence-corrected chi connectivity index (χ0v) is 13.5. The molecule has 0 saturated heterocycles. The summed E-state index contributed by atoms with van der Waals surface area (Å²) in [6.07, 6.45) is 4.14. The number of phenolic OH excluding ortho intramolecular Hbond substituents is 1. The summed E-state index contributed by atoms with van der Waals surface area (Å²) in [6, 6.07) is 9.33. The number of carboxylic acid groups (broad SMARTS) is 1. The normalized spacial score (nSPS) is 10.4. The Kier molecular flexibility index (Phi) is 5.58. The van der Waals surface area contributed by atoms with E-state index in [0.29, 0.717) is 11.1 Å². The van der Waals surface area contributed by atoms with Crippen molar-refractivity contribution in [2.24, 2.45) is 0 Å². The van der Waals surface area contributed by atoms with Crippen molar-refractivity contribution in [2.45, 2.75) is 0 Å². The van der Waals surface area contributed by atoms with Gasteiger partial charge in [0.15, 0.2) is 11.5 Å². The monoisotopic (exact) mass is 339 g/mol. The lowest BCUT2D eigenvalue weighted by molar-refractivity contribution is -0.111. The van der Waals surface area contributed by atoms with Gasteiger partial charge in [0.05, 0.1) is 18.4 Å². The molecular formula is C19H17NO5. The Balaban J connectivity index is 2.42. The average molecular weight is 339 g/mol. The number of anilines is 1. The molecule has 1 amide bonds. The van der Waals surface area contributed by atoms with E-state index in [0.717, 1.165) is 0 Å². The van der Waals surface area contributed by atoms with E-state index in [1.54, 1.807) is 18.2 Å². The molecule has 0 aromatic heterocycles. The van der Waals surface area contributed by atoms with Gasteiger partial charge in [0.25, 0.3) is 0 Å². The zero-order valence-electron chi connectivity index (χ0n) is 13.5. The Morgan fingerprint density at radius 1 is 1.16 bits per heavy atom. The third kappa shape index (κ3) is 4.26. The molecule has 6 heteroatoms. The topological polar surface area (TPSA) is 95.9 Å². The summed E-state index contributed by atoms with van der Waals surface area (Å²) in [4.78, 5) is 23.3. The van der Waals surface area contributed by atoms with Crippen LogP contribution in [0.1, 0.15) is 10.4 Å². The fraction of sp³-hybridized carbons (Fsp3) is 0.0526. The van der Waals surface area contributed by atoms with E-state index in [2.05, 4.69) is 11.9 Å². The number of ether oxygens (including phenoxy) is 1. The van der Waals surface area contributed by atoms with Crippen molar-refractivity contribution in [2.75, 3.05) is 12.4 Å². The van der Waals surface area contributed by atoms with Crippen LogP contribution in [0.2, 0.25) is 0 Å². The van der Waals surface area contributed by atoms with Gasteiger partial charge in [-0.1, -0.05) is 30.9 Å². The van der Waals surface area contributed by atoms with Gasteiger partial charge in [0, 0.05) is 6.08 Å². The Labute approximate surface area is 144 Å². The molecule has 2 rings (SSSR count). The predicted molar refractivity (Wildman–Crippen MR) is 95.0 cm³/mol. The van der Waals surface area contributed by atoms with Crippen LogP contribution < -0.4 is 10.1 Å². The second-order valence-electron chi connectivity index (χ2n) is 5.04. The number of methoxy groups -OCH3 is 1. The molecule has 0 atom stereocenters. The summed E-state index contributed by atoms with van der Waals surface area (Å²) in [6.45, 7) is 3.46. The van der Waals surface area contributed by atoms with E-state index in [4.69, 9.17) is 4.74 Å². The van der Waals surface area contributed by atoms with Crippen molar-refractivity contribution in [3.63, 3.8) is 0 Å². The summed E-state index contributed by atoms with van der Waals surface area (Å²) in [5, 5.41) is 21.6. The van der Waals surface area contributed by atoms with E-state index in [1.165, 1.54) is 43.5 Å². The minimum atomic E-state index is -1.17. The first-order chi connectivity index (χ1) is 12.0. The van der Waals surface area contributed by atoms with E-state index < -0.39 is 11.9 Å². The molecular weight excluding hydrogens is 322 g/mol. The molecule has 2 aromatic carbocycles. The number of hydrogen-bond acceptors (Lipinski definition) is 4. The van der Waals surface area contributed by atoms with E-state index in [1.807, 2.05) is 0 Å². The molecule has 6 nitrogen and oxygen atoms in total. The maximum absolute atomic E-state index is 11.7. The van der Waals surface area contributed by atoms with E-state index in [9.17, 15) is 19.8 Å². The first-order valence-corrected chi connectivity index (χ1v) is 7.31. The van der Waals surface area contributed by atoms with Gasteiger partial charge in [-0.15, -0.1) is 0 Å². The highest BCUT2D eigenvalue weighted by molar-refractivity contribution is 6.05. The number of amides is 1. The van der Waals surface area contributed by atoms with Crippen LogP contribution in [0.5, 0.6) is 11.5 Å². The van der Waals surface area contributed by atoms with Gasteiger partial charge in [-0.05, 0) is 35.4 Å². The summed E-state index contributed by atoms with van der Waals surface area (Å²) < 4.78 is 5.06. The number of rotatable bonds is 6. The number of aromatic hydroxyl groups is 1. The molecule has 0 aliphatic heterocycles. The van der Waals surface area contributed by atoms with Crippen LogP contribution >= 0.6 is 0 Å². The highest BCUT2D eigenvalue weighted by atomic mass is 16.5. The third-order valence-corrected chi connectivity index (χ3v) is 3.40. The van der Waals surface area contributed by atoms with Gasteiger partial charge in [-0.25, -0.2) is 4.79 Å². The largest absolute Gasteiger partial charge is 0.504 e. The molecule has 3 N–H and O–H groups in total. The van der Waals surface area contributed by atoms with Gasteiger partial charge in [0.2, 0.25) is 5.91 Å². The lowest BCUT2D eigenvalue weighted by Gasteiger charge is -2.11. The molecule has 0 bridgehead atoms. The molecule has 0 radical (unpaired) electrons. The van der Waals surface area contributed by atoms with Crippen LogP contribution in [0.15, 0.2) is 61.2 Å². The van der Waals surface area contributed by atoms with Gasteiger partial charge < -0.3 is 20.3 Å². The van der Waals surface area contributed by atoms with Crippen molar-refractivity contribution in [3.05, 3.63) is 66.8 Å². The Morgan fingerprint density at radius 3 is 2.48 bits per heavy atom. The summed E-state index contributed by atoms with van der Waals surface area (Å²) in [7, 11) is 1.43. The fourth-order valence-corrected chi connectivity index (χ4v) is 2.20. The van der Waals surface area contributed by atoms with Crippen molar-refractivity contribution in [3.8, 4) is 22.6 Å². The van der Waals surface area contributed by atoms with Gasteiger partial charge >= 0.3 is 5.97 Å². The van der Waals surface area contributed by atoms with E-state index in [-0.39, 0.29) is 22.7 Å². The number of aromatic carboxylic acids is 1. The smallest absolute Gasteiger partial charge is 0.337 e. The van der Waals surface area contributed by atoms with Crippen LogP contribution in [-0.4, -0.2) is 29.2 Å². The maximum atomic E-state index is 11.7. The molecule has 25 heavy (non-hydrogen) atoms. The number of benzene rings is 2. The highest BCUT2D eigenvalue weighted by Gasteiger charge is 2.14. The number of carboxylic acids is 1. The number of allylic oxidation sites excluding steroid dienone is 2. The molecule has 0 heterocycles. The van der Waals surface area contributed by atoms with Crippen molar-refractivity contribution >= 4 is 17.6 Å². The molecule has 128 valence electrons. The number of hydrogen-bond donors (Lipinski definition) is 3. The van der Waals surface area contributed by atoms with Crippen LogP contribution in [0.4, 0.5) is 5.69 Å². The second kappa shape index (κ2) is 7.83. The van der Waals surface area contributed by atoms with Crippen molar-refractivity contribution in [1.82, 2.24) is 0 Å². The van der Waals surface area contributed by atoms with Crippen LogP contribution in [0.3, 0.4) is 0 Å². The van der Waals surface area contributed by atoms with Crippen molar-refractivity contribution in [1.29, 1.82) is 0 Å². The molecule has 2 aromatic rings. The molecule has 0 saturated carbocycles. The molecule has 0 aliphatic rings. The van der Waals surface area contributed by atoms with Crippen LogP contribution in [0.25, 0.3) is 11.1 Å². The van der Waals surface area contributed by atoms with Crippen LogP contribution in [0, 0.1) is 0 Å².